The number of nitrogens with zero attached hydrogens (tertiary/aromatic N) is 2. The smallest absolute Gasteiger partial charge is 0.325 e. The Morgan fingerprint density at radius 3 is 2.38 bits per heavy atom. The SMILES string of the molecule is C#CCN(CC(=O)O)C(=O)N(CCOC)CC(=O)OCC. The lowest BCUT2D eigenvalue weighted by Crippen LogP contribution is -2.48. The molecule has 1 N–H and O–H groups in total. The molecular formula is C13H20N2O6. The fourth-order valence-electron chi connectivity index (χ4n) is 1.47. The Labute approximate surface area is 123 Å². The first-order valence-electron chi connectivity index (χ1n) is 6.29. The van der Waals surface area contributed by atoms with E-state index in [1.807, 2.05) is 0 Å². The van der Waals surface area contributed by atoms with Gasteiger partial charge in [0.1, 0.15) is 13.1 Å². The van der Waals surface area contributed by atoms with Crippen molar-refractivity contribution < 1.29 is 29.0 Å². The number of carbonyl (C=O) groups is 3. The molecule has 0 rings (SSSR count). The third-order valence-corrected chi connectivity index (χ3v) is 2.34. The van der Waals surface area contributed by atoms with Crippen molar-refractivity contribution in [2.24, 2.45) is 0 Å². The van der Waals surface area contributed by atoms with Crippen molar-refractivity contribution in [3.63, 3.8) is 0 Å². The molecule has 0 aliphatic carbocycles. The van der Waals surface area contributed by atoms with Crippen LogP contribution in [-0.4, -0.2) is 79.4 Å². The molecule has 0 fully saturated rings. The van der Waals surface area contributed by atoms with Crippen LogP contribution in [0.5, 0.6) is 0 Å². The Bertz CT molecular complexity index is 404. The van der Waals surface area contributed by atoms with Crippen LogP contribution in [0, 0.1) is 12.3 Å². The predicted molar refractivity (Wildman–Crippen MR) is 73.5 cm³/mol. The predicted octanol–water partition coefficient (Wildman–Crippen LogP) is -0.362. The number of amides is 2. The van der Waals surface area contributed by atoms with Gasteiger partial charge < -0.3 is 24.4 Å². The first kappa shape index (κ1) is 18.7. The number of carboxylic acid groups (broad SMARTS) is 1. The van der Waals surface area contributed by atoms with E-state index in [4.69, 9.17) is 21.0 Å². The summed E-state index contributed by atoms with van der Waals surface area (Å²) in [5.41, 5.74) is 0. The van der Waals surface area contributed by atoms with Crippen molar-refractivity contribution >= 4 is 18.0 Å². The normalized spacial score (nSPS) is 9.57. The number of ether oxygens (including phenoxy) is 2. The van der Waals surface area contributed by atoms with Gasteiger partial charge in [-0.1, -0.05) is 5.92 Å². The Morgan fingerprint density at radius 1 is 1.24 bits per heavy atom. The molecule has 21 heavy (non-hydrogen) atoms. The summed E-state index contributed by atoms with van der Waals surface area (Å²) in [5, 5.41) is 8.79. The lowest BCUT2D eigenvalue weighted by molar-refractivity contribution is -0.143. The van der Waals surface area contributed by atoms with E-state index in [0.717, 1.165) is 9.80 Å². The number of hydrogen-bond donors (Lipinski definition) is 1. The molecular weight excluding hydrogens is 280 g/mol. The number of carbonyl (C=O) groups excluding carboxylic acids is 2. The summed E-state index contributed by atoms with van der Waals surface area (Å²) < 4.78 is 9.64. The number of methoxy groups -OCH3 is 1. The highest BCUT2D eigenvalue weighted by Gasteiger charge is 2.24. The van der Waals surface area contributed by atoms with Crippen molar-refractivity contribution in [3.8, 4) is 12.3 Å². The van der Waals surface area contributed by atoms with Gasteiger partial charge >= 0.3 is 18.0 Å². The van der Waals surface area contributed by atoms with Crippen molar-refractivity contribution in [3.05, 3.63) is 0 Å². The molecule has 0 radical (unpaired) electrons. The molecule has 0 bridgehead atoms. The molecule has 0 aromatic rings. The Balaban J connectivity index is 4.90. The average molecular weight is 300 g/mol. The van der Waals surface area contributed by atoms with Crippen molar-refractivity contribution in [2.45, 2.75) is 6.92 Å². The van der Waals surface area contributed by atoms with Crippen LogP contribution in [0.2, 0.25) is 0 Å². The second-order valence-corrected chi connectivity index (χ2v) is 3.96. The second kappa shape index (κ2) is 10.5. The summed E-state index contributed by atoms with van der Waals surface area (Å²) in [5.74, 6) is 0.433. The maximum absolute atomic E-state index is 12.2. The molecule has 2 amide bonds. The van der Waals surface area contributed by atoms with Crippen LogP contribution in [0.4, 0.5) is 4.79 Å². The fraction of sp³-hybridized carbons (Fsp3) is 0.615. The lowest BCUT2D eigenvalue weighted by atomic mass is 10.4. The van der Waals surface area contributed by atoms with Gasteiger partial charge in [0.15, 0.2) is 0 Å². The largest absolute Gasteiger partial charge is 0.480 e. The highest BCUT2D eigenvalue weighted by atomic mass is 16.5. The topological polar surface area (TPSA) is 96.4 Å². The maximum atomic E-state index is 12.2. The Morgan fingerprint density at radius 2 is 1.90 bits per heavy atom. The fourth-order valence-corrected chi connectivity index (χ4v) is 1.47. The van der Waals surface area contributed by atoms with Crippen LogP contribution in [0.3, 0.4) is 0 Å². The molecule has 118 valence electrons. The number of terminal acetylenes is 1. The number of urea groups is 1. The molecule has 0 aromatic heterocycles. The number of hydrogen-bond acceptors (Lipinski definition) is 5. The zero-order valence-corrected chi connectivity index (χ0v) is 12.2. The van der Waals surface area contributed by atoms with E-state index in [1.54, 1.807) is 6.92 Å². The molecule has 0 saturated carbocycles. The van der Waals surface area contributed by atoms with Gasteiger partial charge in [-0.25, -0.2) is 4.79 Å². The van der Waals surface area contributed by atoms with Crippen LogP contribution in [-0.2, 0) is 19.1 Å². The van der Waals surface area contributed by atoms with Crippen LogP contribution in [0.25, 0.3) is 0 Å². The molecule has 0 aliphatic heterocycles. The number of esters is 1. The van der Waals surface area contributed by atoms with Gasteiger partial charge in [0.25, 0.3) is 0 Å². The third-order valence-electron chi connectivity index (χ3n) is 2.34. The van der Waals surface area contributed by atoms with Gasteiger partial charge in [-0.05, 0) is 6.92 Å². The summed E-state index contributed by atoms with van der Waals surface area (Å²) >= 11 is 0. The van der Waals surface area contributed by atoms with E-state index in [9.17, 15) is 14.4 Å². The summed E-state index contributed by atoms with van der Waals surface area (Å²) in [6, 6.07) is -0.652. The Kier molecular flexibility index (Phi) is 9.37. The van der Waals surface area contributed by atoms with Crippen LogP contribution < -0.4 is 0 Å². The first-order valence-corrected chi connectivity index (χ1v) is 6.29. The molecule has 0 unspecified atom stereocenters. The molecule has 0 heterocycles. The second-order valence-electron chi connectivity index (χ2n) is 3.96. The molecule has 0 atom stereocenters. The monoisotopic (exact) mass is 300 g/mol. The van der Waals surface area contributed by atoms with E-state index in [-0.39, 0.29) is 32.8 Å². The quantitative estimate of drug-likeness (QED) is 0.461. The third kappa shape index (κ3) is 7.79. The maximum Gasteiger partial charge on any atom is 0.325 e. The van der Waals surface area contributed by atoms with Gasteiger partial charge in [-0.15, -0.1) is 6.42 Å². The van der Waals surface area contributed by atoms with E-state index >= 15 is 0 Å². The zero-order chi connectivity index (χ0) is 16.3. The minimum Gasteiger partial charge on any atom is -0.480 e. The van der Waals surface area contributed by atoms with Gasteiger partial charge in [0, 0.05) is 13.7 Å². The summed E-state index contributed by atoms with van der Waals surface area (Å²) in [4.78, 5) is 36.6. The summed E-state index contributed by atoms with van der Waals surface area (Å²) in [6.07, 6.45) is 5.12. The average Bonchev–Trinajstić information content (AvgIpc) is 2.42. The van der Waals surface area contributed by atoms with Gasteiger partial charge in [0.2, 0.25) is 0 Å². The standard InChI is InChI=1S/C13H20N2O6/c1-4-6-14(9-11(16)17)13(19)15(7-8-20-3)10-12(18)21-5-2/h1H,5-10H2,2-3H3,(H,16,17). The van der Waals surface area contributed by atoms with E-state index in [0.29, 0.717) is 0 Å². The Hall–Kier alpha value is -2.27. The van der Waals surface area contributed by atoms with Crippen LogP contribution in [0.1, 0.15) is 6.92 Å². The molecule has 0 saturated heterocycles. The molecule has 8 heteroatoms. The van der Waals surface area contributed by atoms with Crippen molar-refractivity contribution in [1.82, 2.24) is 9.80 Å². The van der Waals surface area contributed by atoms with Gasteiger partial charge in [0.05, 0.1) is 19.8 Å². The van der Waals surface area contributed by atoms with E-state index in [2.05, 4.69) is 5.92 Å². The van der Waals surface area contributed by atoms with Crippen molar-refractivity contribution in [1.29, 1.82) is 0 Å². The number of aliphatic carboxylic acids is 1. The van der Waals surface area contributed by atoms with Crippen LogP contribution >= 0.6 is 0 Å². The van der Waals surface area contributed by atoms with Crippen molar-refractivity contribution in [2.75, 3.05) is 46.5 Å². The summed E-state index contributed by atoms with van der Waals surface area (Å²) in [7, 11) is 1.45. The molecule has 0 spiro atoms. The highest BCUT2D eigenvalue weighted by molar-refractivity contribution is 5.84. The van der Waals surface area contributed by atoms with Gasteiger partial charge in [-0.3, -0.25) is 9.59 Å². The van der Waals surface area contributed by atoms with E-state index < -0.39 is 24.5 Å². The van der Waals surface area contributed by atoms with Gasteiger partial charge in [-0.2, -0.15) is 0 Å². The molecule has 0 aliphatic rings. The zero-order valence-electron chi connectivity index (χ0n) is 12.2. The molecule has 0 aromatic carbocycles. The van der Waals surface area contributed by atoms with E-state index in [1.165, 1.54) is 7.11 Å². The molecule has 8 nitrogen and oxygen atoms in total. The lowest BCUT2D eigenvalue weighted by Gasteiger charge is -2.27. The minimum atomic E-state index is -1.19. The number of rotatable bonds is 9. The first-order chi connectivity index (χ1) is 9.96. The number of carboxylic acids is 1. The van der Waals surface area contributed by atoms with Crippen LogP contribution in [0.15, 0.2) is 0 Å². The summed E-state index contributed by atoms with van der Waals surface area (Å²) in [6.45, 7) is 1.14. The highest BCUT2D eigenvalue weighted by Crippen LogP contribution is 2.01. The minimum absolute atomic E-state index is 0.120.